The van der Waals surface area contributed by atoms with E-state index >= 15 is 0 Å². The molecule has 2 aromatic carbocycles. The van der Waals surface area contributed by atoms with Crippen LogP contribution in [0.3, 0.4) is 0 Å². The van der Waals surface area contributed by atoms with E-state index < -0.39 is 11.9 Å². The molecule has 5 nitrogen and oxygen atoms in total. The van der Waals surface area contributed by atoms with Gasteiger partial charge >= 0.3 is 5.97 Å². The zero-order chi connectivity index (χ0) is 17.0. The minimum absolute atomic E-state index is 0.00771. The average molecular weight is 354 g/mol. The Labute approximate surface area is 142 Å². The zero-order valence-corrected chi connectivity index (χ0v) is 13.4. The minimum Gasteiger partial charge on any atom is -0.506 e. The molecule has 0 radical (unpaired) electrons. The van der Waals surface area contributed by atoms with Crippen LogP contribution in [0.25, 0.3) is 0 Å². The molecule has 0 aliphatic heterocycles. The lowest BCUT2D eigenvalue weighted by atomic mass is 10.1. The molecule has 2 aromatic rings. The second-order valence-corrected chi connectivity index (χ2v) is 5.67. The molecule has 0 atom stereocenters. The number of phenols is 1. The van der Waals surface area contributed by atoms with Crippen LogP contribution >= 0.6 is 23.2 Å². The molecule has 23 heavy (non-hydrogen) atoms. The molecule has 3 N–H and O–H groups in total. The third-order valence-electron chi connectivity index (χ3n) is 3.11. The van der Waals surface area contributed by atoms with Crippen LogP contribution < -0.4 is 5.32 Å². The molecule has 2 rings (SSSR count). The third kappa shape index (κ3) is 4.61. The molecule has 0 saturated heterocycles. The fraction of sp³-hybridized carbons (Fsp3) is 0.125. The van der Waals surface area contributed by atoms with Crippen LogP contribution in [-0.2, 0) is 11.2 Å². The van der Waals surface area contributed by atoms with Crippen LogP contribution in [0, 0.1) is 0 Å². The van der Waals surface area contributed by atoms with E-state index in [-0.39, 0.29) is 27.8 Å². The van der Waals surface area contributed by atoms with Gasteiger partial charge in [-0.25, -0.2) is 0 Å². The van der Waals surface area contributed by atoms with Crippen molar-refractivity contribution in [2.75, 3.05) is 5.32 Å². The van der Waals surface area contributed by atoms with Crippen molar-refractivity contribution in [1.82, 2.24) is 0 Å². The number of hydrogen-bond acceptors (Lipinski definition) is 3. The van der Waals surface area contributed by atoms with Gasteiger partial charge in [-0.05, 0) is 36.2 Å². The summed E-state index contributed by atoms with van der Waals surface area (Å²) < 4.78 is 0. The highest BCUT2D eigenvalue weighted by Crippen LogP contribution is 2.31. The van der Waals surface area contributed by atoms with Gasteiger partial charge in [0.05, 0.1) is 10.6 Å². The number of aliphatic carboxylic acids is 1. The Bertz CT molecular complexity index is 744. The summed E-state index contributed by atoms with van der Waals surface area (Å²) in [7, 11) is 0. The number of amides is 1. The number of anilines is 1. The third-order valence-corrected chi connectivity index (χ3v) is 3.62. The molecule has 7 heteroatoms. The van der Waals surface area contributed by atoms with Gasteiger partial charge in [-0.1, -0.05) is 35.3 Å². The number of aromatic hydroxyl groups is 1. The lowest BCUT2D eigenvalue weighted by Crippen LogP contribution is -2.12. The molecule has 0 spiro atoms. The summed E-state index contributed by atoms with van der Waals surface area (Å²) in [4.78, 5) is 22.7. The van der Waals surface area contributed by atoms with Crippen molar-refractivity contribution in [3.63, 3.8) is 0 Å². The molecule has 120 valence electrons. The van der Waals surface area contributed by atoms with Gasteiger partial charge in [-0.15, -0.1) is 0 Å². The first kappa shape index (κ1) is 17.1. The summed E-state index contributed by atoms with van der Waals surface area (Å²) >= 11 is 11.6. The monoisotopic (exact) mass is 353 g/mol. The van der Waals surface area contributed by atoms with Gasteiger partial charge in [0.25, 0.3) is 5.91 Å². The second kappa shape index (κ2) is 7.35. The largest absolute Gasteiger partial charge is 0.506 e. The summed E-state index contributed by atoms with van der Waals surface area (Å²) in [6.07, 6.45) is 0.453. The summed E-state index contributed by atoms with van der Waals surface area (Å²) in [6.45, 7) is 0. The quantitative estimate of drug-likeness (QED) is 0.758. The molecule has 1 amide bonds. The lowest BCUT2D eigenvalue weighted by Gasteiger charge is -2.09. The van der Waals surface area contributed by atoms with Crippen LogP contribution in [0.5, 0.6) is 5.75 Å². The zero-order valence-electron chi connectivity index (χ0n) is 11.8. The highest BCUT2D eigenvalue weighted by molar-refractivity contribution is 6.36. The minimum atomic E-state index is -0.865. The van der Waals surface area contributed by atoms with E-state index in [1.54, 1.807) is 24.3 Å². The predicted molar refractivity (Wildman–Crippen MR) is 88.5 cm³/mol. The van der Waals surface area contributed by atoms with Crippen LogP contribution in [0.1, 0.15) is 22.3 Å². The first-order chi connectivity index (χ1) is 10.9. The van der Waals surface area contributed by atoms with Crippen molar-refractivity contribution < 1.29 is 19.8 Å². The van der Waals surface area contributed by atoms with Gasteiger partial charge in [0.1, 0.15) is 5.75 Å². The molecule has 0 aliphatic rings. The Balaban J connectivity index is 2.10. The van der Waals surface area contributed by atoms with Crippen LogP contribution in [0.2, 0.25) is 10.0 Å². The number of rotatable bonds is 5. The van der Waals surface area contributed by atoms with Gasteiger partial charge in [0, 0.05) is 17.1 Å². The normalized spacial score (nSPS) is 10.3. The van der Waals surface area contributed by atoms with Crippen molar-refractivity contribution in [2.45, 2.75) is 12.8 Å². The smallest absolute Gasteiger partial charge is 0.303 e. The van der Waals surface area contributed by atoms with Crippen LogP contribution in [0.15, 0.2) is 36.4 Å². The van der Waals surface area contributed by atoms with E-state index in [0.717, 1.165) is 5.56 Å². The van der Waals surface area contributed by atoms with Gasteiger partial charge in [0.2, 0.25) is 0 Å². The summed E-state index contributed by atoms with van der Waals surface area (Å²) in [5.41, 5.74) is 1.32. The fourth-order valence-electron chi connectivity index (χ4n) is 1.94. The summed E-state index contributed by atoms with van der Waals surface area (Å²) in [5, 5.41) is 21.3. The van der Waals surface area contributed by atoms with E-state index in [1.807, 2.05) is 0 Å². The first-order valence-electron chi connectivity index (χ1n) is 6.67. The van der Waals surface area contributed by atoms with Crippen LogP contribution in [-0.4, -0.2) is 22.1 Å². The number of carbonyl (C=O) groups excluding carboxylic acids is 1. The molecule has 0 aromatic heterocycles. The molecule has 0 fully saturated rings. The van der Waals surface area contributed by atoms with E-state index in [1.165, 1.54) is 12.1 Å². The Hall–Kier alpha value is -2.24. The maximum absolute atomic E-state index is 12.2. The summed E-state index contributed by atoms with van der Waals surface area (Å²) in [5.74, 6) is -1.76. The van der Waals surface area contributed by atoms with E-state index in [9.17, 15) is 14.7 Å². The van der Waals surface area contributed by atoms with Crippen molar-refractivity contribution in [1.29, 1.82) is 0 Å². The Kier molecular flexibility index (Phi) is 5.47. The number of aryl methyl sites for hydroxylation is 1. The summed E-state index contributed by atoms with van der Waals surface area (Å²) in [6, 6.07) is 9.41. The van der Waals surface area contributed by atoms with E-state index in [4.69, 9.17) is 28.3 Å². The lowest BCUT2D eigenvalue weighted by molar-refractivity contribution is -0.136. The molecular formula is C16H13Cl2NO4. The highest BCUT2D eigenvalue weighted by atomic mass is 35.5. The van der Waals surface area contributed by atoms with Gasteiger partial charge in [-0.2, -0.15) is 0 Å². The molecule has 0 bridgehead atoms. The van der Waals surface area contributed by atoms with Crippen molar-refractivity contribution in [2.24, 2.45) is 0 Å². The number of hydrogen-bond donors (Lipinski definition) is 3. The highest BCUT2D eigenvalue weighted by Gasteiger charge is 2.15. The van der Waals surface area contributed by atoms with Crippen molar-refractivity contribution >= 4 is 40.8 Å². The first-order valence-corrected chi connectivity index (χ1v) is 7.42. The van der Waals surface area contributed by atoms with Gasteiger partial charge < -0.3 is 15.5 Å². The topological polar surface area (TPSA) is 86.6 Å². The van der Waals surface area contributed by atoms with Crippen LogP contribution in [0.4, 0.5) is 5.69 Å². The number of benzene rings is 2. The standard InChI is InChI=1S/C16H13Cl2NO4/c17-10-7-12(15(22)13(18)8-10)16(23)19-11-4-1-9(2-5-11)3-6-14(20)21/h1-2,4-5,7-8,22H,3,6H2,(H,19,23)(H,20,21). The number of carbonyl (C=O) groups is 2. The predicted octanol–water partition coefficient (Wildman–Crippen LogP) is 3.97. The Morgan fingerprint density at radius 3 is 2.35 bits per heavy atom. The SMILES string of the molecule is O=C(O)CCc1ccc(NC(=O)c2cc(Cl)cc(Cl)c2O)cc1. The number of phenolic OH excluding ortho intramolecular Hbond substituents is 1. The second-order valence-electron chi connectivity index (χ2n) is 4.83. The Morgan fingerprint density at radius 2 is 1.74 bits per heavy atom. The molecule has 0 unspecified atom stereocenters. The maximum Gasteiger partial charge on any atom is 0.303 e. The molecule has 0 aliphatic carbocycles. The van der Waals surface area contributed by atoms with E-state index in [0.29, 0.717) is 12.1 Å². The molecule has 0 saturated carbocycles. The van der Waals surface area contributed by atoms with Gasteiger partial charge in [-0.3, -0.25) is 9.59 Å². The Morgan fingerprint density at radius 1 is 1.09 bits per heavy atom. The van der Waals surface area contributed by atoms with Gasteiger partial charge in [0.15, 0.2) is 0 Å². The van der Waals surface area contributed by atoms with Crippen molar-refractivity contribution in [3.05, 3.63) is 57.6 Å². The number of carboxylic acids is 1. The number of nitrogens with one attached hydrogen (secondary N) is 1. The molecule has 0 heterocycles. The van der Waals surface area contributed by atoms with E-state index in [2.05, 4.69) is 5.32 Å². The number of halogens is 2. The maximum atomic E-state index is 12.2. The fourth-order valence-corrected chi connectivity index (χ4v) is 2.44. The molecular weight excluding hydrogens is 341 g/mol. The number of carboxylic acid groups (broad SMARTS) is 1. The average Bonchev–Trinajstić information content (AvgIpc) is 2.50. The van der Waals surface area contributed by atoms with Crippen molar-refractivity contribution in [3.8, 4) is 5.75 Å².